The summed E-state index contributed by atoms with van der Waals surface area (Å²) in [7, 11) is 0. The Morgan fingerprint density at radius 1 is 1.07 bits per heavy atom. The first-order valence-corrected chi connectivity index (χ1v) is 10.3. The maximum Gasteiger partial charge on any atom is 0.247 e. The van der Waals surface area contributed by atoms with E-state index in [1.807, 2.05) is 30.3 Å². The van der Waals surface area contributed by atoms with Gasteiger partial charge in [0.2, 0.25) is 18.6 Å². The number of nitrogens with zero attached hydrogens (tertiary/aromatic N) is 1. The molecule has 1 N–H and O–H groups in total. The number of hydrogen-bond donors (Lipinski definition) is 1. The number of rotatable bonds is 4. The van der Waals surface area contributed by atoms with E-state index in [-0.39, 0.29) is 18.6 Å². The molecule has 0 bridgehead atoms. The van der Waals surface area contributed by atoms with Crippen LogP contribution in [0.3, 0.4) is 0 Å². The molecule has 0 radical (unpaired) electrons. The van der Waals surface area contributed by atoms with Crippen molar-refractivity contribution >= 4 is 17.5 Å². The topological polar surface area (TPSA) is 67.9 Å². The zero-order valence-electron chi connectivity index (χ0n) is 16.3. The van der Waals surface area contributed by atoms with E-state index in [1.165, 1.54) is 17.5 Å². The van der Waals surface area contributed by atoms with Gasteiger partial charge in [0.15, 0.2) is 11.5 Å². The Kier molecular flexibility index (Phi) is 4.62. The second kappa shape index (κ2) is 7.43. The molecular weight excluding hydrogens is 368 g/mol. The highest BCUT2D eigenvalue weighted by Crippen LogP contribution is 2.34. The third kappa shape index (κ3) is 3.43. The normalized spacial score (nSPS) is 19.9. The molecule has 0 aromatic heterocycles. The lowest BCUT2D eigenvalue weighted by Gasteiger charge is -2.26. The van der Waals surface area contributed by atoms with Crippen LogP contribution >= 0.6 is 0 Å². The Balaban J connectivity index is 1.33. The van der Waals surface area contributed by atoms with Gasteiger partial charge in [-0.2, -0.15) is 0 Å². The highest BCUT2D eigenvalue weighted by molar-refractivity contribution is 5.99. The van der Waals surface area contributed by atoms with Crippen LogP contribution in [0.25, 0.3) is 0 Å². The fourth-order valence-corrected chi connectivity index (χ4v) is 4.55. The minimum Gasteiger partial charge on any atom is -0.454 e. The number of fused-ring (bicyclic) bond motifs is 2. The van der Waals surface area contributed by atoms with Gasteiger partial charge in [0.1, 0.15) is 6.04 Å². The van der Waals surface area contributed by atoms with Gasteiger partial charge in [-0.3, -0.25) is 9.59 Å². The standard InChI is InChI=1S/C23H24N2O4/c26-22-11-9-19(25(22)13-15-8-10-20-21(12-15)29-14-28-20)23(27)24-18-7-3-5-16-4-1-2-6-17(16)18/h3,5,7-8,10,12,19H,1-2,4,6,9,11,13-14H2,(H,24,27). The number of carbonyl (C=O) groups is 2. The van der Waals surface area contributed by atoms with Crippen LogP contribution in [0.5, 0.6) is 11.5 Å². The van der Waals surface area contributed by atoms with E-state index < -0.39 is 6.04 Å². The molecule has 2 aliphatic heterocycles. The smallest absolute Gasteiger partial charge is 0.247 e. The summed E-state index contributed by atoms with van der Waals surface area (Å²) in [5, 5.41) is 3.11. The van der Waals surface area contributed by atoms with Gasteiger partial charge >= 0.3 is 0 Å². The summed E-state index contributed by atoms with van der Waals surface area (Å²) in [6, 6.07) is 11.3. The number of amides is 2. The third-order valence-electron chi connectivity index (χ3n) is 6.07. The average Bonchev–Trinajstić information content (AvgIpc) is 3.35. The van der Waals surface area contributed by atoms with Gasteiger partial charge in [-0.25, -0.2) is 0 Å². The SMILES string of the molecule is O=C(Nc1cccc2c1CCCC2)C1CCC(=O)N1Cc1ccc2c(c1)OCO2. The van der Waals surface area contributed by atoms with Crippen molar-refractivity contribution in [2.75, 3.05) is 12.1 Å². The number of nitrogens with one attached hydrogen (secondary N) is 1. The van der Waals surface area contributed by atoms with Crippen molar-refractivity contribution in [3.05, 3.63) is 53.1 Å². The van der Waals surface area contributed by atoms with Gasteiger partial charge in [0.25, 0.3) is 0 Å². The maximum absolute atomic E-state index is 13.1. The number of carbonyl (C=O) groups excluding carboxylic acids is 2. The summed E-state index contributed by atoms with van der Waals surface area (Å²) in [5.41, 5.74) is 4.40. The Labute approximate surface area is 169 Å². The summed E-state index contributed by atoms with van der Waals surface area (Å²) in [6.07, 6.45) is 5.36. The fraction of sp³-hybridized carbons (Fsp3) is 0.391. The predicted octanol–water partition coefficient (Wildman–Crippen LogP) is 3.42. The zero-order chi connectivity index (χ0) is 19.8. The molecule has 2 heterocycles. The Morgan fingerprint density at radius 3 is 2.86 bits per heavy atom. The summed E-state index contributed by atoms with van der Waals surface area (Å²) < 4.78 is 10.8. The van der Waals surface area contributed by atoms with Crippen molar-refractivity contribution in [1.82, 2.24) is 4.90 Å². The van der Waals surface area contributed by atoms with Gasteiger partial charge in [0.05, 0.1) is 0 Å². The minimum absolute atomic E-state index is 0.0120. The molecule has 1 unspecified atom stereocenters. The van der Waals surface area contributed by atoms with Crippen molar-refractivity contribution in [1.29, 1.82) is 0 Å². The van der Waals surface area contributed by atoms with E-state index in [1.54, 1.807) is 4.90 Å². The highest BCUT2D eigenvalue weighted by Gasteiger charge is 2.36. The lowest BCUT2D eigenvalue weighted by molar-refractivity contribution is -0.133. The Morgan fingerprint density at radius 2 is 1.93 bits per heavy atom. The summed E-state index contributed by atoms with van der Waals surface area (Å²) in [4.78, 5) is 27.3. The summed E-state index contributed by atoms with van der Waals surface area (Å²) in [6.45, 7) is 0.605. The Bertz CT molecular complexity index is 971. The van der Waals surface area contributed by atoms with Crippen LogP contribution in [0.1, 0.15) is 42.4 Å². The molecule has 6 heteroatoms. The van der Waals surface area contributed by atoms with Gasteiger partial charge in [0, 0.05) is 18.7 Å². The Hall–Kier alpha value is -3.02. The molecule has 2 amide bonds. The molecule has 1 atom stereocenters. The van der Waals surface area contributed by atoms with E-state index in [9.17, 15) is 9.59 Å². The first kappa shape index (κ1) is 18.0. The number of ether oxygens (including phenoxy) is 2. The fourth-order valence-electron chi connectivity index (χ4n) is 4.55. The number of likely N-dealkylation sites (tertiary alicyclic amines) is 1. The summed E-state index contributed by atoms with van der Waals surface area (Å²) in [5.74, 6) is 1.31. The first-order valence-electron chi connectivity index (χ1n) is 10.3. The maximum atomic E-state index is 13.1. The van der Waals surface area contributed by atoms with Crippen molar-refractivity contribution in [2.24, 2.45) is 0 Å². The number of aryl methyl sites for hydroxylation is 1. The molecule has 0 saturated carbocycles. The largest absolute Gasteiger partial charge is 0.454 e. The molecule has 1 aliphatic carbocycles. The second-order valence-electron chi connectivity index (χ2n) is 7.90. The highest BCUT2D eigenvalue weighted by atomic mass is 16.7. The lowest BCUT2D eigenvalue weighted by atomic mass is 9.90. The number of hydrogen-bond acceptors (Lipinski definition) is 4. The molecule has 1 fully saturated rings. The molecule has 1 saturated heterocycles. The monoisotopic (exact) mass is 392 g/mol. The molecule has 29 heavy (non-hydrogen) atoms. The van der Waals surface area contributed by atoms with Gasteiger partial charge < -0.3 is 19.7 Å². The average molecular weight is 392 g/mol. The molecule has 150 valence electrons. The number of anilines is 1. The van der Waals surface area contributed by atoms with E-state index in [2.05, 4.69) is 11.4 Å². The van der Waals surface area contributed by atoms with Gasteiger partial charge in [-0.15, -0.1) is 0 Å². The van der Waals surface area contributed by atoms with Gasteiger partial charge in [-0.1, -0.05) is 18.2 Å². The molecule has 5 rings (SSSR count). The van der Waals surface area contributed by atoms with Crippen LogP contribution in [0.2, 0.25) is 0 Å². The van der Waals surface area contributed by atoms with Crippen LogP contribution in [-0.4, -0.2) is 29.5 Å². The van der Waals surface area contributed by atoms with Crippen LogP contribution in [0, 0.1) is 0 Å². The first-order chi connectivity index (χ1) is 14.2. The summed E-state index contributed by atoms with van der Waals surface area (Å²) >= 11 is 0. The van der Waals surface area contributed by atoms with Crippen molar-refractivity contribution in [2.45, 2.75) is 51.1 Å². The third-order valence-corrected chi connectivity index (χ3v) is 6.07. The number of benzene rings is 2. The van der Waals surface area contributed by atoms with Crippen LogP contribution in [0.4, 0.5) is 5.69 Å². The van der Waals surface area contributed by atoms with E-state index in [0.717, 1.165) is 30.5 Å². The molecule has 3 aliphatic rings. The second-order valence-corrected chi connectivity index (χ2v) is 7.90. The zero-order valence-corrected chi connectivity index (χ0v) is 16.3. The molecular formula is C23H24N2O4. The van der Waals surface area contributed by atoms with Crippen molar-refractivity contribution in [3.8, 4) is 11.5 Å². The quantitative estimate of drug-likeness (QED) is 0.866. The van der Waals surface area contributed by atoms with E-state index in [4.69, 9.17) is 9.47 Å². The molecule has 2 aromatic rings. The van der Waals surface area contributed by atoms with E-state index >= 15 is 0 Å². The van der Waals surface area contributed by atoms with Crippen molar-refractivity contribution < 1.29 is 19.1 Å². The molecule has 6 nitrogen and oxygen atoms in total. The van der Waals surface area contributed by atoms with Crippen molar-refractivity contribution in [3.63, 3.8) is 0 Å². The minimum atomic E-state index is -0.452. The van der Waals surface area contributed by atoms with Crippen LogP contribution < -0.4 is 14.8 Å². The van der Waals surface area contributed by atoms with Crippen LogP contribution in [-0.2, 0) is 29.0 Å². The predicted molar refractivity (Wildman–Crippen MR) is 108 cm³/mol. The van der Waals surface area contributed by atoms with Gasteiger partial charge in [-0.05, 0) is 67.0 Å². The molecule has 0 spiro atoms. The van der Waals surface area contributed by atoms with E-state index in [0.29, 0.717) is 30.9 Å². The molecule has 2 aromatic carbocycles. The van der Waals surface area contributed by atoms with Crippen LogP contribution in [0.15, 0.2) is 36.4 Å². The lowest BCUT2D eigenvalue weighted by Crippen LogP contribution is -2.41.